The molecule has 146 valence electrons. The molecule has 7 rings (SSSR count). The summed E-state index contributed by atoms with van der Waals surface area (Å²) in [4.78, 5) is 14.3. The number of benzene rings is 1. The average molecular weight is 385 g/mol. The number of pyridine rings is 1. The molecule has 4 fully saturated rings. The van der Waals surface area contributed by atoms with Gasteiger partial charge in [0, 0.05) is 35.1 Å². The molecule has 29 heavy (non-hydrogen) atoms. The Morgan fingerprint density at radius 3 is 2.03 bits per heavy atom. The van der Waals surface area contributed by atoms with Crippen molar-refractivity contribution in [3.8, 4) is 22.4 Å². The summed E-state index contributed by atoms with van der Waals surface area (Å²) in [5, 5.41) is 0. The number of halogens is 1. The largest absolute Gasteiger partial charge is 0.265 e. The van der Waals surface area contributed by atoms with Crippen molar-refractivity contribution in [3.63, 3.8) is 0 Å². The third kappa shape index (κ3) is 2.88. The van der Waals surface area contributed by atoms with Gasteiger partial charge < -0.3 is 0 Å². The highest BCUT2D eigenvalue weighted by atomic mass is 19.1. The van der Waals surface area contributed by atoms with Crippen LogP contribution < -0.4 is 0 Å². The lowest BCUT2D eigenvalue weighted by molar-refractivity contribution is -0.00933. The van der Waals surface area contributed by atoms with Gasteiger partial charge in [0.25, 0.3) is 0 Å². The summed E-state index contributed by atoms with van der Waals surface area (Å²) >= 11 is 0. The molecule has 3 aromatic rings. The number of hydrogen-bond acceptors (Lipinski definition) is 3. The Kier molecular flexibility index (Phi) is 3.84. The first-order valence-corrected chi connectivity index (χ1v) is 10.7. The van der Waals surface area contributed by atoms with Crippen molar-refractivity contribution in [1.82, 2.24) is 15.0 Å². The second-order valence-corrected chi connectivity index (χ2v) is 9.40. The van der Waals surface area contributed by atoms with Gasteiger partial charge in [0.15, 0.2) is 0 Å². The fourth-order valence-corrected chi connectivity index (χ4v) is 6.59. The minimum atomic E-state index is -0.231. The third-order valence-corrected chi connectivity index (χ3v) is 7.41. The van der Waals surface area contributed by atoms with Crippen molar-refractivity contribution >= 4 is 0 Å². The van der Waals surface area contributed by atoms with E-state index in [1.807, 2.05) is 30.5 Å². The Morgan fingerprint density at radius 1 is 0.793 bits per heavy atom. The third-order valence-electron chi connectivity index (χ3n) is 7.41. The molecule has 2 aromatic heterocycles. The molecule has 2 heterocycles. The normalized spacial score (nSPS) is 29.9. The zero-order valence-corrected chi connectivity index (χ0v) is 16.4. The number of hydrogen-bond donors (Lipinski definition) is 0. The second kappa shape index (κ2) is 6.45. The Balaban J connectivity index is 1.49. The molecule has 0 spiro atoms. The van der Waals surface area contributed by atoms with Crippen LogP contribution in [0.25, 0.3) is 22.4 Å². The minimum Gasteiger partial charge on any atom is -0.265 e. The number of rotatable bonds is 3. The molecule has 0 N–H and O–H groups in total. The second-order valence-electron chi connectivity index (χ2n) is 9.40. The summed E-state index contributed by atoms with van der Waals surface area (Å²) in [5.41, 5.74) is 4.00. The van der Waals surface area contributed by atoms with Gasteiger partial charge in [-0.05, 0) is 86.1 Å². The van der Waals surface area contributed by atoms with E-state index in [2.05, 4.69) is 4.98 Å². The van der Waals surface area contributed by atoms with E-state index in [4.69, 9.17) is 9.97 Å². The van der Waals surface area contributed by atoms with Crippen molar-refractivity contribution in [2.24, 2.45) is 17.8 Å². The average Bonchev–Trinajstić information content (AvgIpc) is 2.74. The number of nitrogens with zero attached hydrogens (tertiary/aromatic N) is 3. The maximum Gasteiger partial charge on any atom is 0.135 e. The highest BCUT2D eigenvalue weighted by Crippen LogP contribution is 2.60. The molecular weight excluding hydrogens is 361 g/mol. The van der Waals surface area contributed by atoms with Crippen molar-refractivity contribution < 1.29 is 4.39 Å². The van der Waals surface area contributed by atoms with Crippen LogP contribution in [0.15, 0.2) is 55.0 Å². The van der Waals surface area contributed by atoms with Crippen LogP contribution >= 0.6 is 0 Å². The van der Waals surface area contributed by atoms with Crippen LogP contribution in [0.2, 0.25) is 0 Å². The van der Waals surface area contributed by atoms with Gasteiger partial charge in [-0.25, -0.2) is 14.4 Å². The van der Waals surface area contributed by atoms with E-state index in [9.17, 15) is 4.39 Å². The van der Waals surface area contributed by atoms with Crippen molar-refractivity contribution in [1.29, 1.82) is 0 Å². The van der Waals surface area contributed by atoms with E-state index >= 15 is 0 Å². The van der Waals surface area contributed by atoms with E-state index in [0.29, 0.717) is 0 Å². The molecule has 0 atom stereocenters. The lowest BCUT2D eigenvalue weighted by Crippen LogP contribution is -2.49. The lowest BCUT2D eigenvalue weighted by atomic mass is 9.49. The smallest absolute Gasteiger partial charge is 0.135 e. The van der Waals surface area contributed by atoms with Gasteiger partial charge in [0.2, 0.25) is 0 Å². The summed E-state index contributed by atoms with van der Waals surface area (Å²) in [5.74, 6) is 3.35. The fraction of sp³-hybridized carbons (Fsp3) is 0.400. The van der Waals surface area contributed by atoms with E-state index in [1.54, 1.807) is 12.4 Å². The van der Waals surface area contributed by atoms with Gasteiger partial charge >= 0.3 is 0 Å². The molecule has 4 aliphatic carbocycles. The van der Waals surface area contributed by atoms with Crippen LogP contribution in [0.5, 0.6) is 0 Å². The van der Waals surface area contributed by atoms with Crippen LogP contribution in [0.4, 0.5) is 4.39 Å². The predicted molar refractivity (Wildman–Crippen MR) is 111 cm³/mol. The summed E-state index contributed by atoms with van der Waals surface area (Å²) in [6, 6.07) is 10.6. The molecule has 0 radical (unpaired) electrons. The molecular formula is C25H24FN3. The number of aromatic nitrogens is 3. The standard InChI is InChI=1S/C25H24FN3/c26-21-3-1-19(2-4-21)22-15-28-24(29-23(22)20-5-7-27-8-6-20)25-12-16-9-17(13-25)11-18(10-16)14-25/h1-8,15-18H,9-14H2. The lowest BCUT2D eigenvalue weighted by Gasteiger charge is -2.56. The maximum absolute atomic E-state index is 13.5. The molecule has 4 aliphatic rings. The van der Waals surface area contributed by atoms with Gasteiger partial charge in [0.05, 0.1) is 5.69 Å². The van der Waals surface area contributed by atoms with Crippen LogP contribution in [-0.2, 0) is 5.41 Å². The molecule has 4 saturated carbocycles. The van der Waals surface area contributed by atoms with Gasteiger partial charge in [0.1, 0.15) is 11.6 Å². The first-order chi connectivity index (χ1) is 14.2. The van der Waals surface area contributed by atoms with E-state index in [0.717, 1.165) is 46.0 Å². The quantitative estimate of drug-likeness (QED) is 0.571. The van der Waals surface area contributed by atoms with Gasteiger partial charge in [-0.2, -0.15) is 0 Å². The zero-order valence-electron chi connectivity index (χ0n) is 16.4. The van der Waals surface area contributed by atoms with Crippen molar-refractivity contribution in [2.75, 3.05) is 0 Å². The Labute approximate surface area is 170 Å². The Hall–Kier alpha value is -2.62. The zero-order chi connectivity index (χ0) is 19.4. The van der Waals surface area contributed by atoms with Crippen LogP contribution in [-0.4, -0.2) is 15.0 Å². The summed E-state index contributed by atoms with van der Waals surface area (Å²) in [6.45, 7) is 0. The van der Waals surface area contributed by atoms with Gasteiger partial charge in [-0.15, -0.1) is 0 Å². The molecule has 0 amide bonds. The summed E-state index contributed by atoms with van der Waals surface area (Å²) in [7, 11) is 0. The van der Waals surface area contributed by atoms with Crippen LogP contribution in [0.3, 0.4) is 0 Å². The molecule has 4 bridgehead atoms. The van der Waals surface area contributed by atoms with E-state index in [-0.39, 0.29) is 11.2 Å². The molecule has 0 aliphatic heterocycles. The van der Waals surface area contributed by atoms with Crippen molar-refractivity contribution in [2.45, 2.75) is 43.9 Å². The molecule has 0 saturated heterocycles. The first kappa shape index (κ1) is 17.3. The first-order valence-electron chi connectivity index (χ1n) is 10.7. The molecule has 4 heteroatoms. The molecule has 1 aromatic carbocycles. The molecule has 3 nitrogen and oxygen atoms in total. The Morgan fingerprint density at radius 2 is 1.41 bits per heavy atom. The monoisotopic (exact) mass is 385 g/mol. The SMILES string of the molecule is Fc1ccc(-c2cnc(C34CC5CC(CC(C5)C3)C4)nc2-c2ccncc2)cc1. The van der Waals surface area contributed by atoms with Crippen LogP contribution in [0, 0.1) is 23.6 Å². The molecule has 0 unspecified atom stereocenters. The highest BCUT2D eigenvalue weighted by molar-refractivity contribution is 5.80. The summed E-state index contributed by atoms with van der Waals surface area (Å²) in [6.07, 6.45) is 13.5. The minimum absolute atomic E-state index is 0.151. The summed E-state index contributed by atoms with van der Waals surface area (Å²) < 4.78 is 13.5. The van der Waals surface area contributed by atoms with Gasteiger partial charge in [-0.1, -0.05) is 12.1 Å². The highest BCUT2D eigenvalue weighted by Gasteiger charge is 2.53. The van der Waals surface area contributed by atoms with Crippen LogP contribution in [0.1, 0.15) is 44.3 Å². The van der Waals surface area contributed by atoms with E-state index in [1.165, 1.54) is 50.7 Å². The van der Waals surface area contributed by atoms with E-state index < -0.39 is 0 Å². The fourth-order valence-electron chi connectivity index (χ4n) is 6.59. The topological polar surface area (TPSA) is 38.7 Å². The Bertz CT molecular complexity index is 1010. The van der Waals surface area contributed by atoms with Gasteiger partial charge in [-0.3, -0.25) is 4.98 Å². The maximum atomic E-state index is 13.5. The van der Waals surface area contributed by atoms with Crippen molar-refractivity contribution in [3.05, 3.63) is 66.6 Å². The predicted octanol–water partition coefficient (Wildman–Crippen LogP) is 5.81.